The van der Waals surface area contributed by atoms with E-state index in [0.717, 1.165) is 19.3 Å². The molecule has 1 aliphatic heterocycles. The van der Waals surface area contributed by atoms with Gasteiger partial charge in [-0.1, -0.05) is 44.1 Å². The second-order valence-corrected chi connectivity index (χ2v) is 7.25. The maximum absolute atomic E-state index is 6.51. The van der Waals surface area contributed by atoms with Gasteiger partial charge in [0.25, 0.3) is 0 Å². The third kappa shape index (κ3) is 2.33. The van der Waals surface area contributed by atoms with Crippen molar-refractivity contribution in [3.05, 3.63) is 34.9 Å². The molecule has 0 aromatic heterocycles. The lowest BCUT2D eigenvalue weighted by Crippen LogP contribution is -2.29. The Balaban J connectivity index is 2.41. The standard InChI is InChI=1S/C16H25NS/c1-6-7-14-12(4)8-10(2)11(3)9-15-16(17,18-15)13(14)5/h9-10,15H,5-8,17H2,1-4H3/b11-9-,14-12+. The Bertz CT molecular complexity index is 432. The number of allylic oxidation sites excluding steroid dienone is 2. The molecular weight excluding hydrogens is 238 g/mol. The van der Waals surface area contributed by atoms with E-state index >= 15 is 0 Å². The third-order valence-corrected chi connectivity index (χ3v) is 5.74. The van der Waals surface area contributed by atoms with E-state index in [2.05, 4.69) is 40.3 Å². The Labute approximate surface area is 116 Å². The van der Waals surface area contributed by atoms with Crippen LogP contribution in [-0.4, -0.2) is 10.1 Å². The molecule has 2 heteroatoms. The molecule has 3 unspecified atom stereocenters. The van der Waals surface area contributed by atoms with Gasteiger partial charge in [0, 0.05) is 0 Å². The normalized spacial score (nSPS) is 43.4. The van der Waals surface area contributed by atoms with Crippen molar-refractivity contribution in [2.24, 2.45) is 11.7 Å². The molecule has 0 aromatic carbocycles. The van der Waals surface area contributed by atoms with Gasteiger partial charge in [0.05, 0.1) is 5.25 Å². The zero-order chi connectivity index (χ0) is 13.5. The molecule has 0 saturated carbocycles. The quantitative estimate of drug-likeness (QED) is 0.589. The third-order valence-electron chi connectivity index (χ3n) is 4.34. The summed E-state index contributed by atoms with van der Waals surface area (Å²) in [6.07, 6.45) is 5.79. The Morgan fingerprint density at radius 2 is 2.17 bits per heavy atom. The lowest BCUT2D eigenvalue weighted by Gasteiger charge is -2.20. The first-order valence-corrected chi connectivity index (χ1v) is 7.81. The fraction of sp³-hybridized carbons (Fsp3) is 0.625. The zero-order valence-corrected chi connectivity index (χ0v) is 12.9. The first kappa shape index (κ1) is 14.0. The lowest BCUT2D eigenvalue weighted by atomic mass is 9.89. The molecule has 2 rings (SSSR count). The van der Waals surface area contributed by atoms with E-state index in [0.29, 0.717) is 11.2 Å². The maximum Gasteiger partial charge on any atom is 0.104 e. The van der Waals surface area contributed by atoms with Crippen LogP contribution in [0.4, 0.5) is 0 Å². The molecule has 1 saturated heterocycles. The van der Waals surface area contributed by atoms with Crippen LogP contribution in [0.15, 0.2) is 34.9 Å². The second-order valence-electron chi connectivity index (χ2n) is 5.83. The number of fused-ring (bicyclic) bond motifs is 1. The molecule has 0 spiro atoms. The summed E-state index contributed by atoms with van der Waals surface area (Å²) in [6.45, 7) is 13.4. The Hall–Kier alpha value is -0.470. The van der Waals surface area contributed by atoms with Crippen molar-refractivity contribution in [1.29, 1.82) is 0 Å². The Kier molecular flexibility index (Phi) is 3.80. The van der Waals surface area contributed by atoms with Gasteiger partial charge in [-0.3, -0.25) is 0 Å². The number of hydrogen-bond acceptors (Lipinski definition) is 2. The van der Waals surface area contributed by atoms with Gasteiger partial charge in [0.2, 0.25) is 0 Å². The highest BCUT2D eigenvalue weighted by atomic mass is 32.2. The molecule has 3 atom stereocenters. The molecule has 1 aliphatic carbocycles. The van der Waals surface area contributed by atoms with Crippen molar-refractivity contribution in [3.63, 3.8) is 0 Å². The largest absolute Gasteiger partial charge is 0.312 e. The van der Waals surface area contributed by atoms with E-state index in [1.54, 1.807) is 0 Å². The monoisotopic (exact) mass is 263 g/mol. The van der Waals surface area contributed by atoms with Gasteiger partial charge in [0.15, 0.2) is 0 Å². The molecule has 2 N–H and O–H groups in total. The summed E-state index contributed by atoms with van der Waals surface area (Å²) in [6, 6.07) is 0. The minimum absolute atomic E-state index is 0.225. The second kappa shape index (κ2) is 4.90. The van der Waals surface area contributed by atoms with Crippen LogP contribution in [0.5, 0.6) is 0 Å². The van der Waals surface area contributed by atoms with Crippen molar-refractivity contribution >= 4 is 11.8 Å². The lowest BCUT2D eigenvalue weighted by molar-refractivity contribution is 0.664. The molecule has 0 aromatic rings. The Morgan fingerprint density at radius 3 is 2.78 bits per heavy atom. The van der Waals surface area contributed by atoms with E-state index in [-0.39, 0.29) is 4.87 Å². The van der Waals surface area contributed by atoms with Crippen molar-refractivity contribution in [3.8, 4) is 0 Å². The van der Waals surface area contributed by atoms with Crippen LogP contribution in [0.3, 0.4) is 0 Å². The van der Waals surface area contributed by atoms with Gasteiger partial charge in [0.1, 0.15) is 4.87 Å². The van der Waals surface area contributed by atoms with E-state index in [9.17, 15) is 0 Å². The molecule has 1 fully saturated rings. The summed E-state index contributed by atoms with van der Waals surface area (Å²) in [4.78, 5) is -0.225. The predicted molar refractivity (Wildman–Crippen MR) is 82.6 cm³/mol. The highest BCUT2D eigenvalue weighted by molar-refractivity contribution is 8.09. The summed E-state index contributed by atoms with van der Waals surface area (Å²) < 4.78 is 0. The first-order valence-electron chi connectivity index (χ1n) is 6.93. The van der Waals surface area contributed by atoms with Crippen molar-refractivity contribution in [1.82, 2.24) is 0 Å². The molecule has 0 amide bonds. The van der Waals surface area contributed by atoms with E-state index in [1.807, 2.05) is 11.8 Å². The summed E-state index contributed by atoms with van der Waals surface area (Å²) >= 11 is 1.85. The summed E-state index contributed by atoms with van der Waals surface area (Å²) in [7, 11) is 0. The van der Waals surface area contributed by atoms with E-state index in [4.69, 9.17) is 5.73 Å². The topological polar surface area (TPSA) is 26.0 Å². The van der Waals surface area contributed by atoms with Gasteiger partial charge in [-0.2, -0.15) is 0 Å². The maximum atomic E-state index is 6.51. The van der Waals surface area contributed by atoms with Gasteiger partial charge in [-0.15, -0.1) is 11.8 Å². The first-order chi connectivity index (χ1) is 8.40. The zero-order valence-electron chi connectivity index (χ0n) is 12.0. The fourth-order valence-corrected chi connectivity index (χ4v) is 3.94. The van der Waals surface area contributed by atoms with Crippen LogP contribution in [0.25, 0.3) is 0 Å². The van der Waals surface area contributed by atoms with Crippen LogP contribution < -0.4 is 5.73 Å². The summed E-state index contributed by atoms with van der Waals surface area (Å²) in [5.74, 6) is 0.619. The molecule has 18 heavy (non-hydrogen) atoms. The smallest absolute Gasteiger partial charge is 0.104 e. The van der Waals surface area contributed by atoms with Gasteiger partial charge >= 0.3 is 0 Å². The minimum Gasteiger partial charge on any atom is -0.312 e. The highest BCUT2D eigenvalue weighted by Gasteiger charge is 2.54. The minimum atomic E-state index is -0.225. The van der Waals surface area contributed by atoms with Crippen LogP contribution in [0.1, 0.15) is 47.0 Å². The highest BCUT2D eigenvalue weighted by Crippen LogP contribution is 2.57. The molecule has 1 heterocycles. The van der Waals surface area contributed by atoms with E-state index in [1.165, 1.54) is 22.3 Å². The average molecular weight is 263 g/mol. The van der Waals surface area contributed by atoms with Crippen molar-refractivity contribution in [2.45, 2.75) is 57.1 Å². The number of hydrogen-bond donors (Lipinski definition) is 1. The van der Waals surface area contributed by atoms with Crippen LogP contribution in [-0.2, 0) is 0 Å². The molecule has 100 valence electrons. The molecule has 0 radical (unpaired) electrons. The summed E-state index contributed by atoms with van der Waals surface area (Å²) in [5, 5.41) is 0.435. The number of nitrogens with two attached hydrogens (primary N) is 1. The summed E-state index contributed by atoms with van der Waals surface area (Å²) in [5.41, 5.74) is 12.1. The van der Waals surface area contributed by atoms with Gasteiger partial charge in [-0.25, -0.2) is 0 Å². The van der Waals surface area contributed by atoms with Crippen molar-refractivity contribution in [2.75, 3.05) is 0 Å². The Morgan fingerprint density at radius 1 is 1.50 bits per heavy atom. The van der Waals surface area contributed by atoms with Crippen LogP contribution in [0.2, 0.25) is 0 Å². The average Bonchev–Trinajstić information content (AvgIpc) is 2.95. The van der Waals surface area contributed by atoms with Gasteiger partial charge in [-0.05, 0) is 43.8 Å². The van der Waals surface area contributed by atoms with E-state index < -0.39 is 0 Å². The van der Waals surface area contributed by atoms with Crippen LogP contribution >= 0.6 is 11.8 Å². The van der Waals surface area contributed by atoms with Crippen molar-refractivity contribution < 1.29 is 0 Å². The molecule has 1 nitrogen and oxygen atoms in total. The molecule has 0 bridgehead atoms. The van der Waals surface area contributed by atoms with Gasteiger partial charge < -0.3 is 5.73 Å². The number of rotatable bonds is 2. The number of thioether (sulfide) groups is 1. The SMILES string of the molecule is C=C1/C(CCC)=C(\C)CC(C)/C(C)=C\C2SC12N. The molecular formula is C16H25NS. The van der Waals surface area contributed by atoms with Crippen LogP contribution in [0, 0.1) is 5.92 Å². The molecule has 2 aliphatic rings. The predicted octanol–water partition coefficient (Wildman–Crippen LogP) is 4.42. The fourth-order valence-electron chi connectivity index (χ4n) is 2.83.